The molecule has 0 radical (unpaired) electrons. The minimum absolute atomic E-state index is 0.215. The molecular formula is C12H15NO5. The van der Waals surface area contributed by atoms with Crippen LogP contribution in [0.1, 0.15) is 17.3 Å². The van der Waals surface area contributed by atoms with Gasteiger partial charge in [0.05, 0.1) is 18.8 Å². The number of amides is 1. The summed E-state index contributed by atoms with van der Waals surface area (Å²) < 4.78 is 5.00. The topological polar surface area (TPSA) is 95.9 Å². The number of aliphatic carboxylic acids is 1. The lowest BCUT2D eigenvalue weighted by molar-refractivity contribution is -0.141. The molecule has 0 aliphatic heterocycles. The first kappa shape index (κ1) is 14.0. The van der Waals surface area contributed by atoms with E-state index in [1.165, 1.54) is 20.1 Å². The largest absolute Gasteiger partial charge is 0.496 e. The number of benzene rings is 1. The van der Waals surface area contributed by atoms with Crippen LogP contribution < -0.4 is 10.1 Å². The number of carbonyl (C=O) groups excluding carboxylic acids is 1. The van der Waals surface area contributed by atoms with Gasteiger partial charge in [-0.05, 0) is 19.1 Å². The Balaban J connectivity index is 2.90. The van der Waals surface area contributed by atoms with E-state index < -0.39 is 24.0 Å². The molecule has 6 nitrogen and oxygen atoms in total. The molecule has 0 bridgehead atoms. The molecule has 3 N–H and O–H groups in total. The fourth-order valence-corrected chi connectivity index (χ4v) is 1.44. The van der Waals surface area contributed by atoms with Crippen molar-refractivity contribution in [1.82, 2.24) is 5.32 Å². The second-order valence-corrected chi connectivity index (χ2v) is 3.73. The Morgan fingerprint density at radius 2 is 1.94 bits per heavy atom. The van der Waals surface area contributed by atoms with Gasteiger partial charge in [-0.1, -0.05) is 12.1 Å². The van der Waals surface area contributed by atoms with Crippen LogP contribution in [0.4, 0.5) is 0 Å². The second kappa shape index (κ2) is 6.02. The van der Waals surface area contributed by atoms with E-state index in [1.54, 1.807) is 18.2 Å². The SMILES string of the molecule is COc1ccccc1C(=O)NC(C(=O)O)C(C)O. The van der Waals surface area contributed by atoms with Gasteiger partial charge in [-0.2, -0.15) is 0 Å². The van der Waals surface area contributed by atoms with Crippen molar-refractivity contribution < 1.29 is 24.5 Å². The summed E-state index contributed by atoms with van der Waals surface area (Å²) in [6.07, 6.45) is -1.19. The van der Waals surface area contributed by atoms with Crippen molar-refractivity contribution in [2.24, 2.45) is 0 Å². The number of rotatable bonds is 5. The van der Waals surface area contributed by atoms with E-state index in [0.29, 0.717) is 5.75 Å². The molecule has 2 unspecified atom stereocenters. The number of carbonyl (C=O) groups is 2. The van der Waals surface area contributed by atoms with Gasteiger partial charge in [0.15, 0.2) is 6.04 Å². The molecule has 0 fully saturated rings. The van der Waals surface area contributed by atoms with Crippen molar-refractivity contribution in [3.05, 3.63) is 29.8 Å². The molecule has 0 aromatic heterocycles. The van der Waals surface area contributed by atoms with Gasteiger partial charge in [-0.3, -0.25) is 4.79 Å². The number of aliphatic hydroxyl groups excluding tert-OH is 1. The predicted molar refractivity (Wildman–Crippen MR) is 63.6 cm³/mol. The summed E-state index contributed by atoms with van der Waals surface area (Å²) in [7, 11) is 1.41. The van der Waals surface area contributed by atoms with E-state index in [0.717, 1.165) is 0 Å². The summed E-state index contributed by atoms with van der Waals surface area (Å²) >= 11 is 0. The van der Waals surface area contributed by atoms with Crippen molar-refractivity contribution in [1.29, 1.82) is 0 Å². The van der Waals surface area contributed by atoms with Gasteiger partial charge >= 0.3 is 5.97 Å². The third-order valence-corrected chi connectivity index (χ3v) is 2.39. The van der Waals surface area contributed by atoms with Crippen molar-refractivity contribution in [3.63, 3.8) is 0 Å². The lowest BCUT2D eigenvalue weighted by atomic mass is 10.1. The molecule has 18 heavy (non-hydrogen) atoms. The van der Waals surface area contributed by atoms with Crippen molar-refractivity contribution in [2.45, 2.75) is 19.1 Å². The zero-order valence-corrected chi connectivity index (χ0v) is 10.1. The fraction of sp³-hybridized carbons (Fsp3) is 0.333. The van der Waals surface area contributed by atoms with Gasteiger partial charge in [0.1, 0.15) is 5.75 Å². The molecule has 1 aromatic carbocycles. The Morgan fingerprint density at radius 3 is 2.44 bits per heavy atom. The molecule has 0 spiro atoms. The molecule has 0 aliphatic rings. The van der Waals surface area contributed by atoms with Crippen LogP contribution in [0, 0.1) is 0 Å². The summed E-state index contributed by atoms with van der Waals surface area (Å²) in [5.41, 5.74) is 0.215. The zero-order valence-electron chi connectivity index (χ0n) is 10.1. The third-order valence-electron chi connectivity index (χ3n) is 2.39. The summed E-state index contributed by atoms with van der Waals surface area (Å²) in [5.74, 6) is -1.57. The molecule has 2 atom stereocenters. The minimum Gasteiger partial charge on any atom is -0.496 e. The Kier molecular flexibility index (Phi) is 4.67. The Bertz CT molecular complexity index is 444. The van der Waals surface area contributed by atoms with Crippen LogP contribution in [0.15, 0.2) is 24.3 Å². The van der Waals surface area contributed by atoms with Gasteiger partial charge in [0.2, 0.25) is 0 Å². The van der Waals surface area contributed by atoms with Crippen LogP contribution in [0.5, 0.6) is 5.75 Å². The van der Waals surface area contributed by atoms with Crippen molar-refractivity contribution in [3.8, 4) is 5.75 Å². The molecule has 0 saturated heterocycles. The van der Waals surface area contributed by atoms with Gasteiger partial charge in [0, 0.05) is 0 Å². The van der Waals surface area contributed by atoms with Crippen LogP contribution >= 0.6 is 0 Å². The van der Waals surface area contributed by atoms with Crippen molar-refractivity contribution in [2.75, 3.05) is 7.11 Å². The number of hydrogen-bond donors (Lipinski definition) is 3. The monoisotopic (exact) mass is 253 g/mol. The van der Waals surface area contributed by atoms with E-state index >= 15 is 0 Å². The van der Waals surface area contributed by atoms with E-state index in [1.807, 2.05) is 0 Å². The molecule has 0 aliphatic carbocycles. The number of carboxylic acid groups (broad SMARTS) is 1. The average molecular weight is 253 g/mol. The van der Waals surface area contributed by atoms with Gasteiger partial charge < -0.3 is 20.3 Å². The van der Waals surface area contributed by atoms with Gasteiger partial charge in [-0.25, -0.2) is 4.79 Å². The third kappa shape index (κ3) is 3.21. The molecule has 1 aromatic rings. The predicted octanol–water partition coefficient (Wildman–Crippen LogP) is 0.259. The number of aliphatic hydroxyl groups is 1. The number of methoxy groups -OCH3 is 1. The normalized spacial score (nSPS) is 13.5. The number of nitrogens with one attached hydrogen (secondary N) is 1. The summed E-state index contributed by atoms with van der Waals surface area (Å²) in [5, 5.41) is 20.4. The Labute approximate surface area is 104 Å². The highest BCUT2D eigenvalue weighted by molar-refractivity contribution is 5.99. The number of hydrogen-bond acceptors (Lipinski definition) is 4. The van der Waals surface area contributed by atoms with Crippen LogP contribution in [0.25, 0.3) is 0 Å². The molecule has 6 heteroatoms. The van der Waals surface area contributed by atoms with E-state index in [4.69, 9.17) is 9.84 Å². The van der Waals surface area contributed by atoms with E-state index in [9.17, 15) is 14.7 Å². The van der Waals surface area contributed by atoms with E-state index in [2.05, 4.69) is 5.32 Å². The highest BCUT2D eigenvalue weighted by atomic mass is 16.5. The van der Waals surface area contributed by atoms with Crippen LogP contribution in [-0.2, 0) is 4.79 Å². The smallest absolute Gasteiger partial charge is 0.328 e. The first-order valence-corrected chi connectivity index (χ1v) is 5.32. The summed E-state index contributed by atoms with van der Waals surface area (Å²) in [6.45, 7) is 1.29. The standard InChI is InChI=1S/C12H15NO5/c1-7(14)10(12(16)17)13-11(15)8-5-3-4-6-9(8)18-2/h3-7,10,14H,1-2H3,(H,13,15)(H,16,17). The molecule has 1 rings (SSSR count). The number of ether oxygens (including phenoxy) is 1. The van der Waals surface area contributed by atoms with Gasteiger partial charge in [-0.15, -0.1) is 0 Å². The number of para-hydroxylation sites is 1. The Morgan fingerprint density at radius 1 is 1.33 bits per heavy atom. The summed E-state index contributed by atoms with van der Waals surface area (Å²) in [4.78, 5) is 22.7. The molecule has 1 amide bonds. The Hall–Kier alpha value is -2.08. The highest BCUT2D eigenvalue weighted by Crippen LogP contribution is 2.17. The lowest BCUT2D eigenvalue weighted by Crippen LogP contribution is -2.47. The second-order valence-electron chi connectivity index (χ2n) is 3.73. The lowest BCUT2D eigenvalue weighted by Gasteiger charge is -2.17. The number of carboxylic acids is 1. The average Bonchev–Trinajstić information content (AvgIpc) is 2.34. The van der Waals surface area contributed by atoms with Crippen LogP contribution in [-0.4, -0.2) is 41.3 Å². The van der Waals surface area contributed by atoms with Crippen LogP contribution in [0.2, 0.25) is 0 Å². The molecule has 0 saturated carbocycles. The molecule has 0 heterocycles. The maximum absolute atomic E-state index is 11.9. The highest BCUT2D eigenvalue weighted by Gasteiger charge is 2.26. The molecule has 98 valence electrons. The first-order valence-electron chi connectivity index (χ1n) is 5.32. The minimum atomic E-state index is -1.36. The fourth-order valence-electron chi connectivity index (χ4n) is 1.44. The molecular weight excluding hydrogens is 238 g/mol. The maximum Gasteiger partial charge on any atom is 0.328 e. The summed E-state index contributed by atoms with van der Waals surface area (Å²) in [6, 6.07) is 5.07. The van der Waals surface area contributed by atoms with Gasteiger partial charge in [0.25, 0.3) is 5.91 Å². The maximum atomic E-state index is 11.9. The van der Waals surface area contributed by atoms with Crippen molar-refractivity contribution >= 4 is 11.9 Å². The quantitative estimate of drug-likeness (QED) is 0.699. The first-order chi connectivity index (χ1) is 8.47. The zero-order chi connectivity index (χ0) is 13.7. The van der Waals surface area contributed by atoms with Crippen LogP contribution in [0.3, 0.4) is 0 Å². The van der Waals surface area contributed by atoms with E-state index in [-0.39, 0.29) is 5.56 Å².